The van der Waals surface area contributed by atoms with E-state index in [9.17, 15) is 4.79 Å². The molecule has 0 atom stereocenters. The molecule has 1 fully saturated rings. The van der Waals surface area contributed by atoms with Gasteiger partial charge in [-0.25, -0.2) is 0 Å². The highest BCUT2D eigenvalue weighted by Gasteiger charge is 2.14. The number of pyridine rings is 1. The molecule has 0 spiro atoms. The summed E-state index contributed by atoms with van der Waals surface area (Å²) in [6.45, 7) is 5.27. The Morgan fingerprint density at radius 2 is 1.80 bits per heavy atom. The van der Waals surface area contributed by atoms with E-state index in [1.165, 1.54) is 5.56 Å². The average Bonchev–Trinajstić information content (AvgIpc) is 2.78. The normalized spacial score (nSPS) is 15.1. The van der Waals surface area contributed by atoms with Gasteiger partial charge in [0.2, 0.25) is 0 Å². The zero-order chi connectivity index (χ0) is 20.9. The third kappa shape index (κ3) is 5.05. The number of nitrogens with zero attached hydrogens (tertiary/aromatic N) is 3. The molecule has 1 aromatic heterocycles. The van der Waals surface area contributed by atoms with E-state index in [1.54, 1.807) is 18.3 Å². The van der Waals surface area contributed by atoms with Crippen molar-refractivity contribution in [1.82, 2.24) is 14.8 Å². The lowest BCUT2D eigenvalue weighted by molar-refractivity contribution is 0.102. The van der Waals surface area contributed by atoms with Crippen molar-refractivity contribution in [2.24, 2.45) is 0 Å². The highest BCUT2D eigenvalue weighted by Crippen LogP contribution is 2.29. The second kappa shape index (κ2) is 9.39. The van der Waals surface area contributed by atoms with Crippen LogP contribution in [0.15, 0.2) is 66.9 Å². The van der Waals surface area contributed by atoms with Gasteiger partial charge in [-0.3, -0.25) is 14.7 Å². The summed E-state index contributed by atoms with van der Waals surface area (Å²) in [5, 5.41) is 3.56. The maximum absolute atomic E-state index is 12.7. The molecule has 30 heavy (non-hydrogen) atoms. The SMILES string of the molecule is CN1CCN(Cc2ccc(C(=O)Nc3ccc(Cl)c(-c4ccccn4)c3)cc2)CC1. The fourth-order valence-electron chi connectivity index (χ4n) is 3.55. The first-order chi connectivity index (χ1) is 14.6. The van der Waals surface area contributed by atoms with E-state index in [0.29, 0.717) is 16.3 Å². The number of likely N-dealkylation sites (N-methyl/N-ethyl adjacent to an activating group) is 1. The van der Waals surface area contributed by atoms with E-state index < -0.39 is 0 Å². The molecule has 0 saturated carbocycles. The van der Waals surface area contributed by atoms with Gasteiger partial charge in [0.05, 0.1) is 10.7 Å². The van der Waals surface area contributed by atoms with Crippen LogP contribution in [0.5, 0.6) is 0 Å². The van der Waals surface area contributed by atoms with Crippen molar-refractivity contribution in [3.05, 3.63) is 83.0 Å². The first-order valence-electron chi connectivity index (χ1n) is 10.1. The minimum absolute atomic E-state index is 0.143. The second-order valence-electron chi connectivity index (χ2n) is 7.64. The van der Waals surface area contributed by atoms with Crippen LogP contribution in [-0.4, -0.2) is 53.9 Å². The van der Waals surface area contributed by atoms with Gasteiger partial charge in [0, 0.05) is 55.7 Å². The summed E-state index contributed by atoms with van der Waals surface area (Å²) in [6.07, 6.45) is 1.72. The predicted molar refractivity (Wildman–Crippen MR) is 122 cm³/mol. The molecule has 0 unspecified atom stereocenters. The molecule has 5 nitrogen and oxygen atoms in total. The van der Waals surface area contributed by atoms with Gasteiger partial charge < -0.3 is 10.2 Å². The molecule has 0 aliphatic carbocycles. The fourth-order valence-corrected chi connectivity index (χ4v) is 3.76. The molecular weight excluding hydrogens is 396 g/mol. The predicted octanol–water partition coefficient (Wildman–Crippen LogP) is 4.40. The maximum Gasteiger partial charge on any atom is 0.255 e. The number of benzene rings is 2. The maximum atomic E-state index is 12.7. The van der Waals surface area contributed by atoms with Crippen molar-refractivity contribution in [3.8, 4) is 11.3 Å². The third-order valence-corrected chi connectivity index (χ3v) is 5.71. The van der Waals surface area contributed by atoms with Crippen LogP contribution in [0.4, 0.5) is 5.69 Å². The van der Waals surface area contributed by atoms with Crippen LogP contribution in [0, 0.1) is 0 Å². The molecule has 6 heteroatoms. The van der Waals surface area contributed by atoms with Gasteiger partial charge in [-0.15, -0.1) is 0 Å². The van der Waals surface area contributed by atoms with Gasteiger partial charge in [0.25, 0.3) is 5.91 Å². The van der Waals surface area contributed by atoms with Crippen molar-refractivity contribution in [2.45, 2.75) is 6.54 Å². The molecule has 1 aliphatic heterocycles. The topological polar surface area (TPSA) is 48.5 Å². The van der Waals surface area contributed by atoms with Gasteiger partial charge in [-0.2, -0.15) is 0 Å². The van der Waals surface area contributed by atoms with E-state index in [-0.39, 0.29) is 5.91 Å². The van der Waals surface area contributed by atoms with Crippen LogP contribution in [0.1, 0.15) is 15.9 Å². The number of aromatic nitrogens is 1. The molecule has 1 aliphatic rings. The Morgan fingerprint density at radius 1 is 1.03 bits per heavy atom. The number of rotatable bonds is 5. The van der Waals surface area contributed by atoms with Crippen molar-refractivity contribution in [1.29, 1.82) is 0 Å². The Hall–Kier alpha value is -2.73. The summed E-state index contributed by atoms with van der Waals surface area (Å²) in [4.78, 5) is 21.8. The molecule has 1 saturated heterocycles. The molecule has 2 heterocycles. The molecule has 0 radical (unpaired) electrons. The number of carbonyl (C=O) groups is 1. The largest absolute Gasteiger partial charge is 0.322 e. The Labute approximate surface area is 182 Å². The van der Waals surface area contributed by atoms with Gasteiger partial charge in [-0.1, -0.05) is 29.8 Å². The van der Waals surface area contributed by atoms with Gasteiger partial charge in [0.15, 0.2) is 0 Å². The molecule has 3 aromatic rings. The Balaban J connectivity index is 1.41. The zero-order valence-electron chi connectivity index (χ0n) is 17.0. The summed E-state index contributed by atoms with van der Waals surface area (Å²) in [5.41, 5.74) is 4.10. The molecular formula is C24H25ClN4O. The van der Waals surface area contributed by atoms with E-state index in [2.05, 4.69) is 27.1 Å². The van der Waals surface area contributed by atoms with Crippen LogP contribution < -0.4 is 5.32 Å². The molecule has 154 valence electrons. The highest BCUT2D eigenvalue weighted by atomic mass is 35.5. The lowest BCUT2D eigenvalue weighted by Crippen LogP contribution is -2.43. The van der Waals surface area contributed by atoms with E-state index in [4.69, 9.17) is 11.6 Å². The van der Waals surface area contributed by atoms with Gasteiger partial charge in [-0.05, 0) is 55.1 Å². The van der Waals surface area contributed by atoms with E-state index >= 15 is 0 Å². The quantitative estimate of drug-likeness (QED) is 0.664. The van der Waals surface area contributed by atoms with Crippen LogP contribution >= 0.6 is 11.6 Å². The number of carbonyl (C=O) groups excluding carboxylic acids is 1. The lowest BCUT2D eigenvalue weighted by Gasteiger charge is -2.32. The number of anilines is 1. The van der Waals surface area contributed by atoms with Crippen LogP contribution in [0.3, 0.4) is 0 Å². The summed E-state index contributed by atoms with van der Waals surface area (Å²) in [6, 6.07) is 18.9. The van der Waals surface area contributed by atoms with Crippen LogP contribution in [0.25, 0.3) is 11.3 Å². The number of amides is 1. The first-order valence-corrected chi connectivity index (χ1v) is 10.5. The first kappa shape index (κ1) is 20.5. The van der Waals surface area contributed by atoms with Crippen molar-refractivity contribution >= 4 is 23.2 Å². The highest BCUT2D eigenvalue weighted by molar-refractivity contribution is 6.33. The Kier molecular flexibility index (Phi) is 6.43. The fraction of sp³-hybridized carbons (Fsp3) is 0.250. The van der Waals surface area contributed by atoms with Crippen molar-refractivity contribution < 1.29 is 4.79 Å². The second-order valence-corrected chi connectivity index (χ2v) is 8.05. The summed E-state index contributed by atoms with van der Waals surface area (Å²) in [7, 11) is 2.16. The van der Waals surface area contributed by atoms with Gasteiger partial charge in [0.1, 0.15) is 0 Å². The van der Waals surface area contributed by atoms with E-state index in [1.807, 2.05) is 48.5 Å². The Morgan fingerprint density at radius 3 is 2.50 bits per heavy atom. The molecule has 4 rings (SSSR count). The zero-order valence-corrected chi connectivity index (χ0v) is 17.8. The molecule has 1 amide bonds. The number of hydrogen-bond acceptors (Lipinski definition) is 4. The number of halogens is 1. The number of piperazine rings is 1. The van der Waals surface area contributed by atoms with Crippen LogP contribution in [0.2, 0.25) is 5.02 Å². The Bertz CT molecular complexity index is 999. The number of nitrogens with one attached hydrogen (secondary N) is 1. The summed E-state index contributed by atoms with van der Waals surface area (Å²) in [5.74, 6) is -0.143. The molecule has 0 bridgehead atoms. The minimum Gasteiger partial charge on any atom is -0.322 e. The lowest BCUT2D eigenvalue weighted by atomic mass is 10.1. The van der Waals surface area contributed by atoms with E-state index in [0.717, 1.165) is 44.0 Å². The number of hydrogen-bond donors (Lipinski definition) is 1. The van der Waals surface area contributed by atoms with Crippen molar-refractivity contribution in [3.63, 3.8) is 0 Å². The smallest absolute Gasteiger partial charge is 0.255 e. The molecule has 1 N–H and O–H groups in total. The standard InChI is InChI=1S/C24H25ClN4O/c1-28-12-14-29(15-13-28)17-18-5-7-19(8-6-18)24(30)27-20-9-10-22(25)21(16-20)23-4-2-3-11-26-23/h2-11,16H,12-15,17H2,1H3,(H,27,30). The summed E-state index contributed by atoms with van der Waals surface area (Å²) < 4.78 is 0. The summed E-state index contributed by atoms with van der Waals surface area (Å²) >= 11 is 6.33. The average molecular weight is 421 g/mol. The molecule has 2 aromatic carbocycles. The van der Waals surface area contributed by atoms with Crippen LogP contribution in [-0.2, 0) is 6.54 Å². The minimum atomic E-state index is -0.143. The van der Waals surface area contributed by atoms with Crippen molar-refractivity contribution in [2.75, 3.05) is 38.5 Å². The monoisotopic (exact) mass is 420 g/mol. The van der Waals surface area contributed by atoms with Gasteiger partial charge >= 0.3 is 0 Å². The third-order valence-electron chi connectivity index (χ3n) is 5.38.